The second-order valence-corrected chi connectivity index (χ2v) is 5.81. The number of carbonyl (C=O) groups excluding carboxylic acids is 1. The average Bonchev–Trinajstić information content (AvgIpc) is 2.98. The van der Waals surface area contributed by atoms with E-state index in [1.165, 1.54) is 0 Å². The Morgan fingerprint density at radius 3 is 2.60 bits per heavy atom. The fraction of sp³-hybridized carbons (Fsp3) is 0.733. The molecule has 1 amide bonds. The lowest BCUT2D eigenvalue weighted by Gasteiger charge is -2.27. The average molecular weight is 280 g/mol. The molecule has 0 aromatic heterocycles. The van der Waals surface area contributed by atoms with Crippen LogP contribution in [0.5, 0.6) is 0 Å². The van der Waals surface area contributed by atoms with Gasteiger partial charge in [0.15, 0.2) is 0 Å². The summed E-state index contributed by atoms with van der Waals surface area (Å²) >= 11 is 0. The van der Waals surface area contributed by atoms with E-state index in [0.717, 1.165) is 37.8 Å². The van der Waals surface area contributed by atoms with E-state index in [4.69, 9.17) is 5.11 Å². The number of hydrogen-bond donors (Lipinski definition) is 2. The minimum atomic E-state index is -0.688. The van der Waals surface area contributed by atoms with Gasteiger partial charge in [0.05, 0.1) is 12.5 Å². The predicted octanol–water partition coefficient (Wildman–Crippen LogP) is 1.75. The molecule has 2 aliphatic rings. The summed E-state index contributed by atoms with van der Waals surface area (Å²) < 4.78 is 0. The van der Waals surface area contributed by atoms with Crippen molar-refractivity contribution in [2.75, 3.05) is 13.6 Å². The Bertz CT molecular complexity index is 398. The number of carboxylic acids is 1. The number of likely N-dealkylation sites (N-methyl/N-ethyl adjacent to an activating group) is 1. The zero-order valence-corrected chi connectivity index (χ0v) is 12.1. The van der Waals surface area contributed by atoms with Crippen LogP contribution < -0.4 is 5.32 Å². The van der Waals surface area contributed by atoms with Crippen LogP contribution in [-0.4, -0.2) is 41.5 Å². The summed E-state index contributed by atoms with van der Waals surface area (Å²) in [6.45, 7) is 0.343. The van der Waals surface area contributed by atoms with E-state index < -0.39 is 5.97 Å². The second kappa shape index (κ2) is 6.88. The summed E-state index contributed by atoms with van der Waals surface area (Å²) in [7, 11) is 1.84. The van der Waals surface area contributed by atoms with Crippen molar-refractivity contribution in [2.45, 2.75) is 51.0 Å². The highest BCUT2D eigenvalue weighted by molar-refractivity contribution is 5.79. The van der Waals surface area contributed by atoms with Crippen LogP contribution in [0.1, 0.15) is 44.9 Å². The molecular weight excluding hydrogens is 256 g/mol. The molecule has 0 unspecified atom stereocenters. The number of allylic oxidation sites excluding steroid dienone is 2. The van der Waals surface area contributed by atoms with Crippen LogP contribution in [-0.2, 0) is 9.59 Å². The van der Waals surface area contributed by atoms with Crippen LogP contribution in [0.3, 0.4) is 0 Å². The van der Waals surface area contributed by atoms with E-state index in [-0.39, 0.29) is 17.9 Å². The summed E-state index contributed by atoms with van der Waals surface area (Å²) in [5.41, 5.74) is 1.13. The first kappa shape index (κ1) is 15.0. The number of aliphatic carboxylic acids is 1. The molecule has 20 heavy (non-hydrogen) atoms. The molecule has 0 heterocycles. The standard InChI is InChI=1S/C15H24N2O3/c1-17(13-4-2-3-5-13)14(18)10-16-12-8-6-11(7-9-12)15(19)20/h4,11-12,16H,2-3,5-10H2,1H3,(H,19,20). The SMILES string of the molecule is CN(C(=O)CNC1CCC(C(=O)O)CC1)C1=CCCC1. The predicted molar refractivity (Wildman–Crippen MR) is 76.1 cm³/mol. The number of carbonyl (C=O) groups is 2. The van der Waals surface area contributed by atoms with Crippen LogP contribution in [0.4, 0.5) is 0 Å². The molecule has 0 spiro atoms. The molecule has 5 nitrogen and oxygen atoms in total. The van der Waals surface area contributed by atoms with E-state index in [9.17, 15) is 9.59 Å². The molecule has 0 aromatic carbocycles. The highest BCUT2D eigenvalue weighted by Crippen LogP contribution is 2.24. The molecule has 2 N–H and O–H groups in total. The lowest BCUT2D eigenvalue weighted by Crippen LogP contribution is -2.41. The molecular formula is C15H24N2O3. The van der Waals surface area contributed by atoms with Crippen molar-refractivity contribution in [1.29, 1.82) is 0 Å². The molecule has 1 fully saturated rings. The monoisotopic (exact) mass is 280 g/mol. The topological polar surface area (TPSA) is 69.6 Å². The first-order valence-electron chi connectivity index (χ1n) is 7.49. The highest BCUT2D eigenvalue weighted by atomic mass is 16.4. The van der Waals surface area contributed by atoms with Crippen molar-refractivity contribution >= 4 is 11.9 Å². The molecule has 0 aliphatic heterocycles. The Kier molecular flexibility index (Phi) is 5.17. The minimum Gasteiger partial charge on any atom is -0.481 e. The van der Waals surface area contributed by atoms with E-state index in [1.54, 1.807) is 4.90 Å². The van der Waals surface area contributed by atoms with Gasteiger partial charge in [0, 0.05) is 18.8 Å². The molecule has 112 valence electrons. The van der Waals surface area contributed by atoms with E-state index in [1.807, 2.05) is 7.05 Å². The van der Waals surface area contributed by atoms with Gasteiger partial charge in [0.2, 0.25) is 5.91 Å². The van der Waals surface area contributed by atoms with Gasteiger partial charge in [0.25, 0.3) is 0 Å². The van der Waals surface area contributed by atoms with Gasteiger partial charge in [-0.15, -0.1) is 0 Å². The van der Waals surface area contributed by atoms with Crippen LogP contribution in [0.2, 0.25) is 0 Å². The Balaban J connectivity index is 1.70. The summed E-state index contributed by atoms with van der Waals surface area (Å²) in [6.07, 6.45) is 8.44. The number of amides is 1. The van der Waals surface area contributed by atoms with Gasteiger partial charge in [0.1, 0.15) is 0 Å². The van der Waals surface area contributed by atoms with Crippen molar-refractivity contribution in [3.63, 3.8) is 0 Å². The summed E-state index contributed by atoms with van der Waals surface area (Å²) in [4.78, 5) is 24.7. The molecule has 2 rings (SSSR count). The normalized spacial score (nSPS) is 26.1. The van der Waals surface area contributed by atoms with Crippen LogP contribution in [0, 0.1) is 5.92 Å². The van der Waals surface area contributed by atoms with Crippen molar-refractivity contribution < 1.29 is 14.7 Å². The van der Waals surface area contributed by atoms with Gasteiger partial charge in [-0.3, -0.25) is 9.59 Å². The molecule has 0 aromatic rings. The highest BCUT2D eigenvalue weighted by Gasteiger charge is 2.26. The lowest BCUT2D eigenvalue weighted by molar-refractivity contribution is -0.143. The Morgan fingerprint density at radius 2 is 2.05 bits per heavy atom. The number of nitrogens with zero attached hydrogens (tertiary/aromatic N) is 1. The third kappa shape index (κ3) is 3.82. The maximum atomic E-state index is 12.1. The fourth-order valence-corrected chi connectivity index (χ4v) is 3.01. The zero-order valence-electron chi connectivity index (χ0n) is 12.1. The maximum absolute atomic E-state index is 12.1. The Morgan fingerprint density at radius 1 is 1.35 bits per heavy atom. The molecule has 2 aliphatic carbocycles. The fourth-order valence-electron chi connectivity index (χ4n) is 3.01. The Hall–Kier alpha value is -1.36. The van der Waals surface area contributed by atoms with Crippen molar-refractivity contribution in [1.82, 2.24) is 10.2 Å². The number of nitrogens with one attached hydrogen (secondary N) is 1. The van der Waals surface area contributed by atoms with Gasteiger partial charge in [-0.2, -0.15) is 0 Å². The lowest BCUT2D eigenvalue weighted by atomic mass is 9.86. The maximum Gasteiger partial charge on any atom is 0.306 e. The minimum absolute atomic E-state index is 0.0958. The number of hydrogen-bond acceptors (Lipinski definition) is 3. The zero-order chi connectivity index (χ0) is 14.5. The van der Waals surface area contributed by atoms with Gasteiger partial charge >= 0.3 is 5.97 Å². The van der Waals surface area contributed by atoms with Crippen molar-refractivity contribution in [3.8, 4) is 0 Å². The molecule has 0 atom stereocenters. The molecule has 0 bridgehead atoms. The van der Waals surface area contributed by atoms with Crippen molar-refractivity contribution in [2.24, 2.45) is 5.92 Å². The van der Waals surface area contributed by atoms with E-state index in [0.29, 0.717) is 19.4 Å². The molecule has 5 heteroatoms. The van der Waals surface area contributed by atoms with Crippen molar-refractivity contribution in [3.05, 3.63) is 11.8 Å². The first-order chi connectivity index (χ1) is 9.58. The summed E-state index contributed by atoms with van der Waals surface area (Å²) in [5, 5.41) is 12.2. The number of carboxylic acid groups (broad SMARTS) is 1. The number of rotatable bonds is 5. The van der Waals surface area contributed by atoms with Crippen LogP contribution in [0.15, 0.2) is 11.8 Å². The quantitative estimate of drug-likeness (QED) is 0.805. The van der Waals surface area contributed by atoms with Gasteiger partial charge in [-0.1, -0.05) is 6.08 Å². The first-order valence-corrected chi connectivity index (χ1v) is 7.49. The smallest absolute Gasteiger partial charge is 0.306 e. The largest absolute Gasteiger partial charge is 0.481 e. The van der Waals surface area contributed by atoms with Crippen LogP contribution in [0.25, 0.3) is 0 Å². The molecule has 0 saturated heterocycles. The third-order valence-electron chi connectivity index (χ3n) is 4.44. The Labute approximate surface area is 120 Å². The van der Waals surface area contributed by atoms with Gasteiger partial charge in [-0.25, -0.2) is 0 Å². The van der Waals surface area contributed by atoms with E-state index >= 15 is 0 Å². The third-order valence-corrected chi connectivity index (χ3v) is 4.44. The summed E-state index contributed by atoms with van der Waals surface area (Å²) in [6, 6.07) is 0.278. The van der Waals surface area contributed by atoms with Gasteiger partial charge < -0.3 is 15.3 Å². The van der Waals surface area contributed by atoms with Crippen LogP contribution >= 0.6 is 0 Å². The van der Waals surface area contributed by atoms with Gasteiger partial charge in [-0.05, 0) is 44.9 Å². The summed E-state index contributed by atoms with van der Waals surface area (Å²) in [5.74, 6) is -0.791. The molecule has 0 radical (unpaired) electrons. The second-order valence-electron chi connectivity index (χ2n) is 5.81. The molecule has 1 saturated carbocycles. The van der Waals surface area contributed by atoms with E-state index in [2.05, 4.69) is 11.4 Å².